The van der Waals surface area contributed by atoms with Gasteiger partial charge >= 0.3 is 35.7 Å². The van der Waals surface area contributed by atoms with E-state index in [1.165, 1.54) is 0 Å². The van der Waals surface area contributed by atoms with E-state index in [-0.39, 0.29) is 101 Å². The van der Waals surface area contributed by atoms with Crippen molar-refractivity contribution < 1.29 is 36.7 Å². The molecular formula is CH7Cl4NaO3Ti. The first-order valence-corrected chi connectivity index (χ1v) is 0.651. The Morgan fingerprint density at radius 2 is 0.900 bits per heavy atom. The van der Waals surface area contributed by atoms with Gasteiger partial charge in [-0.05, 0) is 0 Å². The van der Waals surface area contributed by atoms with Gasteiger partial charge < -0.3 is 10.2 Å². The van der Waals surface area contributed by atoms with Crippen LogP contribution in [0.3, 0.4) is 0 Å². The summed E-state index contributed by atoms with van der Waals surface area (Å²) in [5.74, 6) is 0. The van der Waals surface area contributed by atoms with Crippen LogP contribution in [0.5, 0.6) is 0 Å². The molecular weight excluding hydrogens is 273 g/mol. The first kappa shape index (κ1) is 57.0. The maximum atomic E-state index is 8.56. The van der Waals surface area contributed by atoms with Gasteiger partial charge in [-0.2, -0.15) is 0 Å². The van der Waals surface area contributed by atoms with Gasteiger partial charge in [-0.25, -0.2) is 4.79 Å². The molecule has 0 aromatic carbocycles. The Balaban J connectivity index is -0.00000000300. The maximum Gasteiger partial charge on any atom is 0 e. The molecule has 0 bridgehead atoms. The normalized spacial score (nSPS) is 2.40. The third-order valence-electron chi connectivity index (χ3n) is 0. The molecule has 0 aliphatic heterocycles. The van der Waals surface area contributed by atoms with Crippen molar-refractivity contribution in [1.82, 2.24) is 0 Å². The monoisotopic (exact) mass is 278 g/mol. The summed E-state index contributed by atoms with van der Waals surface area (Å²) in [5, 5.41) is 13.9. The molecule has 0 aliphatic rings. The predicted octanol–water partition coefficient (Wildman–Crippen LogP) is 1.26. The average molecular weight is 280 g/mol. The van der Waals surface area contributed by atoms with Gasteiger partial charge in [0.2, 0.25) is 0 Å². The number of carboxylic acid groups (broad SMARTS) is 2. The minimum absolute atomic E-state index is 0. The van der Waals surface area contributed by atoms with E-state index in [0.717, 1.165) is 0 Å². The molecule has 0 aromatic rings. The number of hydrogen-bond donors (Lipinski definition) is 2. The second-order valence-electron chi connectivity index (χ2n) is 0.283. The standard InChI is InChI=1S/CH2O3.4ClH.Na.Ti.H/c2-1(3)4;;;;;;;/h(H2,2,3,4);4*1H;;;. The van der Waals surface area contributed by atoms with Crippen LogP contribution in [0.2, 0.25) is 0 Å². The predicted molar refractivity (Wildman–Crippen MR) is 46.8 cm³/mol. The van der Waals surface area contributed by atoms with E-state index in [0.29, 0.717) is 0 Å². The van der Waals surface area contributed by atoms with E-state index < -0.39 is 6.16 Å². The van der Waals surface area contributed by atoms with Gasteiger partial charge in [-0.15, -0.1) is 49.6 Å². The molecule has 10 heavy (non-hydrogen) atoms. The van der Waals surface area contributed by atoms with E-state index in [2.05, 4.69) is 0 Å². The number of hydrogen-bond acceptors (Lipinski definition) is 1. The van der Waals surface area contributed by atoms with Crippen molar-refractivity contribution in [2.24, 2.45) is 0 Å². The zero-order valence-electron chi connectivity index (χ0n) is 3.94. The van der Waals surface area contributed by atoms with Crippen molar-refractivity contribution in [2.45, 2.75) is 0 Å². The van der Waals surface area contributed by atoms with Crippen LogP contribution in [0.1, 0.15) is 0 Å². The first-order valence-electron chi connectivity index (χ1n) is 0.651. The summed E-state index contributed by atoms with van der Waals surface area (Å²) in [6.07, 6.45) is -1.83. The van der Waals surface area contributed by atoms with Crippen LogP contribution in [0.4, 0.5) is 4.79 Å². The molecule has 0 rings (SSSR count). The van der Waals surface area contributed by atoms with E-state index >= 15 is 0 Å². The van der Waals surface area contributed by atoms with Gasteiger partial charge in [0.05, 0.1) is 0 Å². The number of carbonyl (C=O) groups is 1. The average Bonchev–Trinajstić information content (AvgIpc) is 0.811. The van der Waals surface area contributed by atoms with Crippen LogP contribution in [0, 0.1) is 0 Å². The number of rotatable bonds is 0. The smallest absolute Gasteiger partial charge is 0 e. The summed E-state index contributed by atoms with van der Waals surface area (Å²) < 4.78 is 0. The molecule has 9 heteroatoms. The van der Waals surface area contributed by atoms with Crippen LogP contribution in [-0.2, 0) is 21.7 Å². The molecule has 0 spiro atoms. The van der Waals surface area contributed by atoms with Gasteiger partial charge in [0.1, 0.15) is 0 Å². The molecule has 0 radical (unpaired) electrons. The van der Waals surface area contributed by atoms with Crippen LogP contribution in [0.15, 0.2) is 0 Å². The van der Waals surface area contributed by atoms with E-state index in [9.17, 15) is 0 Å². The van der Waals surface area contributed by atoms with Crippen molar-refractivity contribution >= 4 is 85.3 Å². The van der Waals surface area contributed by atoms with Crippen molar-refractivity contribution in [3.05, 3.63) is 0 Å². The van der Waals surface area contributed by atoms with Crippen LogP contribution >= 0.6 is 49.6 Å². The summed E-state index contributed by atoms with van der Waals surface area (Å²) in [6, 6.07) is 0. The molecule has 0 aliphatic carbocycles. The Labute approximate surface area is 121 Å². The van der Waals surface area contributed by atoms with Crippen LogP contribution in [-0.4, -0.2) is 45.9 Å². The fourth-order valence-electron chi connectivity index (χ4n) is 0. The fraction of sp³-hybridized carbons (Fsp3) is 0. The second kappa shape index (κ2) is 43.3. The van der Waals surface area contributed by atoms with E-state index in [1.807, 2.05) is 0 Å². The molecule has 0 heterocycles. The Hall–Kier alpha value is 2.14. The van der Waals surface area contributed by atoms with E-state index in [1.54, 1.807) is 0 Å². The number of halogens is 4. The van der Waals surface area contributed by atoms with Crippen molar-refractivity contribution in [3.63, 3.8) is 0 Å². The summed E-state index contributed by atoms with van der Waals surface area (Å²) in [4.78, 5) is 8.56. The molecule has 0 fully saturated rings. The molecule has 0 amide bonds. The van der Waals surface area contributed by atoms with Crippen LogP contribution < -0.4 is 0 Å². The first-order chi connectivity index (χ1) is 1.73. The Kier molecular flexibility index (Phi) is 247. The van der Waals surface area contributed by atoms with Gasteiger partial charge in [-0.1, -0.05) is 0 Å². The summed E-state index contributed by atoms with van der Waals surface area (Å²) in [6.45, 7) is 0. The quantitative estimate of drug-likeness (QED) is 0.657. The molecule has 0 saturated carbocycles. The zero-order valence-corrected chi connectivity index (χ0v) is 8.76. The summed E-state index contributed by atoms with van der Waals surface area (Å²) in [5.41, 5.74) is 0. The van der Waals surface area contributed by atoms with Crippen molar-refractivity contribution in [2.75, 3.05) is 0 Å². The summed E-state index contributed by atoms with van der Waals surface area (Å²) in [7, 11) is 0. The molecule has 0 aromatic heterocycles. The molecule has 0 atom stereocenters. The van der Waals surface area contributed by atoms with E-state index in [4.69, 9.17) is 15.0 Å². The molecule has 2 N–H and O–H groups in total. The second-order valence-corrected chi connectivity index (χ2v) is 0.283. The minimum Gasteiger partial charge on any atom is 0 e. The molecule has 62 valence electrons. The SMILES string of the molecule is Cl.Cl.Cl.Cl.O=C(O)O.[NaH].[Ti]. The third-order valence-corrected chi connectivity index (χ3v) is 0. The Bertz CT molecular complexity index is 43.5. The largest absolute Gasteiger partial charge is 0 e. The van der Waals surface area contributed by atoms with Crippen molar-refractivity contribution in [1.29, 1.82) is 0 Å². The minimum atomic E-state index is -1.83. The Morgan fingerprint density at radius 3 is 0.900 bits per heavy atom. The van der Waals surface area contributed by atoms with Crippen molar-refractivity contribution in [3.8, 4) is 0 Å². The maximum absolute atomic E-state index is 8.56. The fourth-order valence-corrected chi connectivity index (χ4v) is 0. The van der Waals surface area contributed by atoms with Gasteiger partial charge in [0.25, 0.3) is 0 Å². The molecule has 0 saturated heterocycles. The third kappa shape index (κ3) is 184. The Morgan fingerprint density at radius 1 is 0.900 bits per heavy atom. The molecule has 0 unspecified atom stereocenters. The van der Waals surface area contributed by atoms with Gasteiger partial charge in [0.15, 0.2) is 0 Å². The zero-order chi connectivity index (χ0) is 3.58. The van der Waals surface area contributed by atoms with Gasteiger partial charge in [0, 0.05) is 21.7 Å². The van der Waals surface area contributed by atoms with Gasteiger partial charge in [-0.3, -0.25) is 0 Å². The van der Waals surface area contributed by atoms with Crippen LogP contribution in [0.25, 0.3) is 0 Å². The topological polar surface area (TPSA) is 57.5 Å². The summed E-state index contributed by atoms with van der Waals surface area (Å²) >= 11 is 0. The molecule has 3 nitrogen and oxygen atoms in total.